The molecule has 8 heteroatoms. The van der Waals surface area contributed by atoms with Gasteiger partial charge in [0.1, 0.15) is 12.4 Å². The smallest absolute Gasteiger partial charge is 0.239 e. The maximum atomic E-state index is 13.3. The first-order valence-corrected chi connectivity index (χ1v) is 13.6. The Balaban J connectivity index is 1.35. The number of piperidine rings is 1. The van der Waals surface area contributed by atoms with E-state index in [4.69, 9.17) is 33.7 Å². The van der Waals surface area contributed by atoms with E-state index in [1.807, 2.05) is 29.2 Å². The first-order valence-electron chi connectivity index (χ1n) is 12.9. The van der Waals surface area contributed by atoms with Gasteiger partial charge in [-0.1, -0.05) is 60.3 Å². The van der Waals surface area contributed by atoms with Crippen LogP contribution in [0.1, 0.15) is 49.7 Å². The van der Waals surface area contributed by atoms with Crippen LogP contribution in [0.2, 0.25) is 10.0 Å². The third-order valence-corrected chi connectivity index (χ3v) is 8.23. The fraction of sp³-hybridized carbons (Fsp3) is 0.500. The number of nitrogens with two attached hydrogens (primary N) is 1. The summed E-state index contributed by atoms with van der Waals surface area (Å²) in [6.07, 6.45) is 6.59. The second-order valence-electron chi connectivity index (χ2n) is 9.94. The Kier molecular flexibility index (Phi) is 9.15. The summed E-state index contributed by atoms with van der Waals surface area (Å²) >= 11 is 12.1. The molecular weight excluding hydrogens is 497 g/mol. The monoisotopic (exact) mass is 531 g/mol. The molecule has 0 unspecified atom stereocenters. The van der Waals surface area contributed by atoms with Crippen molar-refractivity contribution >= 4 is 35.0 Å². The lowest BCUT2D eigenvalue weighted by Crippen LogP contribution is -2.53. The molecule has 194 valence electrons. The zero-order valence-corrected chi connectivity index (χ0v) is 22.1. The average Bonchev–Trinajstić information content (AvgIpc) is 2.89. The molecule has 0 aromatic heterocycles. The minimum Gasteiger partial charge on any atom is -0.491 e. The number of amides is 2. The van der Waals surface area contributed by atoms with E-state index in [1.165, 1.54) is 5.56 Å². The molecule has 2 aromatic rings. The van der Waals surface area contributed by atoms with Gasteiger partial charge < -0.3 is 20.7 Å². The number of rotatable bonds is 3. The van der Waals surface area contributed by atoms with Gasteiger partial charge in [0.15, 0.2) is 0 Å². The van der Waals surface area contributed by atoms with Crippen molar-refractivity contribution in [3.8, 4) is 5.75 Å². The van der Waals surface area contributed by atoms with Gasteiger partial charge in [0, 0.05) is 13.1 Å². The number of nitrogens with one attached hydrogen (secondary N) is 1. The van der Waals surface area contributed by atoms with Gasteiger partial charge in [-0.05, 0) is 67.9 Å². The van der Waals surface area contributed by atoms with Crippen LogP contribution >= 0.6 is 23.2 Å². The van der Waals surface area contributed by atoms with Crippen molar-refractivity contribution in [2.24, 2.45) is 11.1 Å². The number of para-hydroxylation sites is 1. The Morgan fingerprint density at radius 3 is 2.61 bits per heavy atom. The molecule has 2 heterocycles. The minimum absolute atomic E-state index is 0.0748. The number of hydrogen-bond donors (Lipinski definition) is 2. The number of nitrogens with zero attached hydrogens (tertiary/aromatic N) is 1. The standard InChI is InChI=1S/C28H35Cl2N3O3/c29-22-10-9-20(18-23(22)30)19-24(31)26(34)33-15-12-28(13-16-33)11-5-1-2-6-21-7-3-4-8-25(21)36-17-14-32-27(28)35/h3-4,7-10,18,24H,1-2,5-6,11-17,19,31H2,(H,32,35)/t24-/m1/s1. The van der Waals surface area contributed by atoms with Crippen molar-refractivity contribution in [1.29, 1.82) is 0 Å². The summed E-state index contributed by atoms with van der Waals surface area (Å²) in [4.78, 5) is 28.2. The second kappa shape index (κ2) is 12.3. The number of hydrogen-bond acceptors (Lipinski definition) is 4. The number of fused-ring (bicyclic) bond motifs is 1. The lowest BCUT2D eigenvalue weighted by molar-refractivity contribution is -0.141. The Morgan fingerprint density at radius 2 is 1.83 bits per heavy atom. The fourth-order valence-corrected chi connectivity index (χ4v) is 5.63. The fourth-order valence-electron chi connectivity index (χ4n) is 5.31. The maximum absolute atomic E-state index is 13.3. The second-order valence-corrected chi connectivity index (χ2v) is 10.8. The predicted octanol–water partition coefficient (Wildman–Crippen LogP) is 4.78. The van der Waals surface area contributed by atoms with Crippen molar-refractivity contribution in [2.45, 2.75) is 57.4 Å². The molecule has 1 fully saturated rings. The largest absolute Gasteiger partial charge is 0.491 e. The Morgan fingerprint density at radius 1 is 1.06 bits per heavy atom. The summed E-state index contributed by atoms with van der Waals surface area (Å²) in [5, 5.41) is 4.03. The van der Waals surface area contributed by atoms with E-state index in [0.717, 1.165) is 43.4 Å². The van der Waals surface area contributed by atoms with Crippen LogP contribution in [-0.2, 0) is 22.4 Å². The summed E-state index contributed by atoms with van der Waals surface area (Å²) in [6.45, 7) is 1.96. The van der Waals surface area contributed by atoms with Crippen molar-refractivity contribution in [3.63, 3.8) is 0 Å². The van der Waals surface area contributed by atoms with Crippen molar-refractivity contribution < 1.29 is 14.3 Å². The van der Waals surface area contributed by atoms with Crippen molar-refractivity contribution in [3.05, 3.63) is 63.6 Å². The molecule has 2 amide bonds. The summed E-state index contributed by atoms with van der Waals surface area (Å²) < 4.78 is 5.97. The van der Waals surface area contributed by atoms with Crippen LogP contribution in [0.3, 0.4) is 0 Å². The summed E-state index contributed by atoms with van der Waals surface area (Å²) in [6, 6.07) is 12.8. The molecule has 0 bridgehead atoms. The predicted molar refractivity (Wildman–Crippen MR) is 144 cm³/mol. The molecule has 0 aliphatic carbocycles. The van der Waals surface area contributed by atoms with Crippen LogP contribution in [0.15, 0.2) is 42.5 Å². The highest BCUT2D eigenvalue weighted by Gasteiger charge is 2.42. The van der Waals surface area contributed by atoms with E-state index < -0.39 is 11.5 Å². The van der Waals surface area contributed by atoms with Crippen LogP contribution in [0.5, 0.6) is 5.75 Å². The molecule has 0 radical (unpaired) electrons. The van der Waals surface area contributed by atoms with Gasteiger partial charge >= 0.3 is 0 Å². The number of carbonyl (C=O) groups excluding carboxylic acids is 2. The number of ether oxygens (including phenoxy) is 1. The van der Waals surface area contributed by atoms with Crippen molar-refractivity contribution in [2.75, 3.05) is 26.2 Å². The van der Waals surface area contributed by atoms with Crippen LogP contribution < -0.4 is 15.8 Å². The minimum atomic E-state index is -0.663. The van der Waals surface area contributed by atoms with Crippen LogP contribution in [0, 0.1) is 5.41 Å². The molecular formula is C28H35Cl2N3O3. The van der Waals surface area contributed by atoms with E-state index in [2.05, 4.69) is 11.4 Å². The Labute approximate surface area is 223 Å². The Bertz CT molecular complexity index is 1070. The number of carbonyl (C=O) groups is 2. The zero-order valence-electron chi connectivity index (χ0n) is 20.6. The maximum Gasteiger partial charge on any atom is 0.239 e. The highest BCUT2D eigenvalue weighted by atomic mass is 35.5. The van der Waals surface area contributed by atoms with E-state index in [9.17, 15) is 9.59 Å². The van der Waals surface area contributed by atoms with E-state index in [-0.39, 0.29) is 11.8 Å². The third kappa shape index (κ3) is 6.53. The lowest BCUT2D eigenvalue weighted by Gasteiger charge is -2.41. The topological polar surface area (TPSA) is 84.7 Å². The van der Waals surface area contributed by atoms with Gasteiger partial charge in [-0.25, -0.2) is 0 Å². The molecule has 6 nitrogen and oxygen atoms in total. The SMILES string of the molecule is N[C@H](Cc1ccc(Cl)c(Cl)c1)C(=O)N1CCC2(CCCCCc3ccccc3OCCNC2=O)CC1. The lowest BCUT2D eigenvalue weighted by atomic mass is 9.73. The zero-order chi connectivity index (χ0) is 25.5. The highest BCUT2D eigenvalue weighted by molar-refractivity contribution is 6.42. The molecule has 3 N–H and O–H groups in total. The molecule has 1 saturated heterocycles. The van der Waals surface area contributed by atoms with Gasteiger partial charge in [0.25, 0.3) is 0 Å². The Hall–Kier alpha value is -2.28. The molecule has 36 heavy (non-hydrogen) atoms. The summed E-state index contributed by atoms with van der Waals surface area (Å²) in [7, 11) is 0. The van der Waals surface area contributed by atoms with Gasteiger partial charge in [-0.2, -0.15) is 0 Å². The van der Waals surface area contributed by atoms with Crippen molar-refractivity contribution in [1.82, 2.24) is 10.2 Å². The van der Waals surface area contributed by atoms with Gasteiger partial charge in [-0.15, -0.1) is 0 Å². The third-order valence-electron chi connectivity index (χ3n) is 7.49. The van der Waals surface area contributed by atoms with Crippen LogP contribution in [-0.4, -0.2) is 49.0 Å². The quantitative estimate of drug-likeness (QED) is 0.596. The molecule has 1 spiro atoms. The molecule has 4 rings (SSSR count). The molecule has 2 aromatic carbocycles. The number of likely N-dealkylation sites (tertiary alicyclic amines) is 1. The number of aryl methyl sites for hydroxylation is 1. The number of halogens is 2. The average molecular weight is 533 g/mol. The van der Waals surface area contributed by atoms with Gasteiger partial charge in [0.2, 0.25) is 11.8 Å². The summed E-state index contributed by atoms with van der Waals surface area (Å²) in [5.74, 6) is 0.891. The number of benzene rings is 2. The van der Waals surface area contributed by atoms with E-state index in [0.29, 0.717) is 55.5 Å². The van der Waals surface area contributed by atoms with Crippen LogP contribution in [0.4, 0.5) is 0 Å². The molecule has 2 aliphatic rings. The normalized spacial score (nSPS) is 19.6. The highest BCUT2D eigenvalue weighted by Crippen LogP contribution is 2.38. The van der Waals surface area contributed by atoms with Gasteiger partial charge in [0.05, 0.1) is 28.0 Å². The summed E-state index contributed by atoms with van der Waals surface area (Å²) in [5.41, 5.74) is 7.92. The molecule has 0 saturated carbocycles. The first kappa shape index (κ1) is 26.8. The van der Waals surface area contributed by atoms with E-state index >= 15 is 0 Å². The van der Waals surface area contributed by atoms with E-state index in [1.54, 1.807) is 12.1 Å². The molecule has 1 atom stereocenters. The van der Waals surface area contributed by atoms with Gasteiger partial charge in [-0.3, -0.25) is 9.59 Å². The first-order chi connectivity index (χ1) is 17.4. The molecule has 2 aliphatic heterocycles. The van der Waals surface area contributed by atoms with Crippen LogP contribution in [0.25, 0.3) is 0 Å².